The van der Waals surface area contributed by atoms with Gasteiger partial charge in [0.2, 0.25) is 0 Å². The minimum absolute atomic E-state index is 0.0779. The van der Waals surface area contributed by atoms with Gasteiger partial charge in [-0.15, -0.1) is 0 Å². The molecule has 0 radical (unpaired) electrons. The molecule has 0 aliphatic heterocycles. The van der Waals surface area contributed by atoms with Crippen molar-refractivity contribution in [3.63, 3.8) is 0 Å². The van der Waals surface area contributed by atoms with Crippen LogP contribution in [-0.2, 0) is 6.42 Å². The molecular weight excluding hydrogens is 259 g/mol. The van der Waals surface area contributed by atoms with E-state index < -0.39 is 6.03 Å². The fourth-order valence-electron chi connectivity index (χ4n) is 1.77. The van der Waals surface area contributed by atoms with Crippen LogP contribution in [0, 0.1) is 5.82 Å². The van der Waals surface area contributed by atoms with Crippen LogP contribution in [0.2, 0.25) is 0 Å². The standard InChI is InChI=1S/C15H15FN2O2/c16-14-7-2-1-4-11(14)8-9-17-15(20)18-12-5-3-6-13(19)10-12/h1-7,10,19H,8-9H2,(H2,17,18,20). The van der Waals surface area contributed by atoms with Gasteiger partial charge in [-0.3, -0.25) is 0 Å². The summed E-state index contributed by atoms with van der Waals surface area (Å²) in [7, 11) is 0. The van der Waals surface area contributed by atoms with Crippen LogP contribution < -0.4 is 10.6 Å². The number of carbonyl (C=O) groups excluding carboxylic acids is 1. The molecule has 20 heavy (non-hydrogen) atoms. The number of amides is 2. The lowest BCUT2D eigenvalue weighted by Crippen LogP contribution is -2.30. The van der Waals surface area contributed by atoms with E-state index in [1.807, 2.05) is 0 Å². The highest BCUT2D eigenvalue weighted by Gasteiger charge is 2.04. The number of nitrogens with one attached hydrogen (secondary N) is 2. The van der Waals surface area contributed by atoms with Gasteiger partial charge >= 0.3 is 6.03 Å². The third-order valence-electron chi connectivity index (χ3n) is 2.74. The maximum Gasteiger partial charge on any atom is 0.319 e. The van der Waals surface area contributed by atoms with Crippen LogP contribution in [0.25, 0.3) is 0 Å². The zero-order chi connectivity index (χ0) is 14.4. The Balaban J connectivity index is 1.80. The molecule has 2 aromatic rings. The summed E-state index contributed by atoms with van der Waals surface area (Å²) in [4.78, 5) is 11.6. The van der Waals surface area contributed by atoms with Crippen molar-refractivity contribution < 1.29 is 14.3 Å². The first-order chi connectivity index (χ1) is 9.65. The van der Waals surface area contributed by atoms with Crippen LogP contribution >= 0.6 is 0 Å². The first-order valence-electron chi connectivity index (χ1n) is 6.22. The second-order valence-electron chi connectivity index (χ2n) is 4.27. The fraction of sp³-hybridized carbons (Fsp3) is 0.133. The van der Waals surface area contributed by atoms with E-state index in [-0.39, 0.29) is 11.6 Å². The Labute approximate surface area is 116 Å². The quantitative estimate of drug-likeness (QED) is 0.802. The summed E-state index contributed by atoms with van der Waals surface area (Å²) < 4.78 is 13.3. The van der Waals surface area contributed by atoms with Crippen molar-refractivity contribution in [2.75, 3.05) is 11.9 Å². The van der Waals surface area contributed by atoms with Crippen molar-refractivity contribution in [1.82, 2.24) is 5.32 Å². The summed E-state index contributed by atoms with van der Waals surface area (Å²) in [5, 5.41) is 14.5. The van der Waals surface area contributed by atoms with Gasteiger partial charge in [0.25, 0.3) is 0 Å². The monoisotopic (exact) mass is 274 g/mol. The van der Waals surface area contributed by atoms with E-state index in [9.17, 15) is 14.3 Å². The number of halogens is 1. The van der Waals surface area contributed by atoms with E-state index in [1.54, 1.807) is 30.3 Å². The lowest BCUT2D eigenvalue weighted by atomic mass is 10.1. The number of anilines is 1. The van der Waals surface area contributed by atoms with Gasteiger partial charge in [0, 0.05) is 18.3 Å². The fourth-order valence-corrected chi connectivity index (χ4v) is 1.77. The molecule has 0 saturated carbocycles. The van der Waals surface area contributed by atoms with Crippen LogP contribution in [0.4, 0.5) is 14.9 Å². The van der Waals surface area contributed by atoms with Crippen molar-refractivity contribution in [3.05, 3.63) is 59.9 Å². The molecule has 2 rings (SSSR count). The Kier molecular flexibility index (Phi) is 4.55. The smallest absolute Gasteiger partial charge is 0.319 e. The molecule has 0 heterocycles. The average molecular weight is 274 g/mol. The van der Waals surface area contributed by atoms with Gasteiger partial charge in [-0.2, -0.15) is 0 Å². The minimum atomic E-state index is -0.396. The van der Waals surface area contributed by atoms with Gasteiger partial charge in [0.05, 0.1) is 0 Å². The van der Waals surface area contributed by atoms with Crippen molar-refractivity contribution in [2.45, 2.75) is 6.42 Å². The van der Waals surface area contributed by atoms with E-state index in [0.29, 0.717) is 24.2 Å². The zero-order valence-electron chi connectivity index (χ0n) is 10.8. The Bertz CT molecular complexity index is 602. The highest BCUT2D eigenvalue weighted by Crippen LogP contribution is 2.15. The minimum Gasteiger partial charge on any atom is -0.508 e. The average Bonchev–Trinajstić information content (AvgIpc) is 2.41. The molecule has 0 saturated heterocycles. The first-order valence-corrected chi connectivity index (χ1v) is 6.22. The molecule has 104 valence electrons. The van der Waals surface area contributed by atoms with Crippen molar-refractivity contribution in [3.8, 4) is 5.75 Å². The van der Waals surface area contributed by atoms with Gasteiger partial charge in [0.1, 0.15) is 11.6 Å². The van der Waals surface area contributed by atoms with Gasteiger partial charge in [-0.25, -0.2) is 9.18 Å². The number of phenols is 1. The molecule has 0 atom stereocenters. The molecule has 0 spiro atoms. The third-order valence-corrected chi connectivity index (χ3v) is 2.74. The number of benzene rings is 2. The number of carbonyl (C=O) groups is 1. The van der Waals surface area contributed by atoms with Gasteiger partial charge in [-0.1, -0.05) is 24.3 Å². The molecule has 3 N–H and O–H groups in total. The molecule has 0 aliphatic rings. The number of rotatable bonds is 4. The number of aromatic hydroxyl groups is 1. The maximum atomic E-state index is 13.3. The lowest BCUT2D eigenvalue weighted by Gasteiger charge is -2.08. The van der Waals surface area contributed by atoms with Crippen LogP contribution in [0.15, 0.2) is 48.5 Å². The molecular formula is C15H15FN2O2. The van der Waals surface area contributed by atoms with Crippen LogP contribution in [0.1, 0.15) is 5.56 Å². The maximum absolute atomic E-state index is 13.3. The molecule has 0 bridgehead atoms. The third kappa shape index (κ3) is 3.98. The van der Waals surface area contributed by atoms with Crippen molar-refractivity contribution >= 4 is 11.7 Å². The second kappa shape index (κ2) is 6.56. The number of phenolic OH excluding ortho intramolecular Hbond substituents is 1. The van der Waals surface area contributed by atoms with E-state index in [0.717, 1.165) is 0 Å². The molecule has 0 aliphatic carbocycles. The Morgan fingerprint density at radius 2 is 1.95 bits per heavy atom. The Morgan fingerprint density at radius 1 is 1.15 bits per heavy atom. The molecule has 0 fully saturated rings. The number of hydrogen-bond donors (Lipinski definition) is 3. The topological polar surface area (TPSA) is 61.4 Å². The van der Waals surface area contributed by atoms with E-state index >= 15 is 0 Å². The predicted octanol–water partition coefficient (Wildman–Crippen LogP) is 2.90. The molecule has 0 aromatic heterocycles. The largest absolute Gasteiger partial charge is 0.508 e. The van der Waals surface area contributed by atoms with Gasteiger partial charge in [0.15, 0.2) is 0 Å². The Hall–Kier alpha value is -2.56. The summed E-state index contributed by atoms with van der Waals surface area (Å²) in [5.41, 5.74) is 1.05. The van der Waals surface area contributed by atoms with Gasteiger partial charge in [-0.05, 0) is 30.2 Å². The van der Waals surface area contributed by atoms with E-state index in [1.165, 1.54) is 18.2 Å². The zero-order valence-corrected chi connectivity index (χ0v) is 10.8. The number of hydrogen-bond acceptors (Lipinski definition) is 2. The number of urea groups is 1. The Morgan fingerprint density at radius 3 is 2.70 bits per heavy atom. The van der Waals surface area contributed by atoms with Crippen LogP contribution in [0.3, 0.4) is 0 Å². The summed E-state index contributed by atoms with van der Waals surface area (Å²) in [5.74, 6) is -0.197. The second-order valence-corrected chi connectivity index (χ2v) is 4.27. The normalized spacial score (nSPS) is 10.1. The van der Waals surface area contributed by atoms with Crippen LogP contribution in [-0.4, -0.2) is 17.7 Å². The first kappa shape index (κ1) is 13.9. The molecule has 2 aromatic carbocycles. The summed E-state index contributed by atoms with van der Waals surface area (Å²) in [6.07, 6.45) is 0.417. The summed E-state index contributed by atoms with van der Waals surface area (Å²) >= 11 is 0. The van der Waals surface area contributed by atoms with E-state index in [2.05, 4.69) is 10.6 Å². The molecule has 0 unspecified atom stereocenters. The molecule has 2 amide bonds. The summed E-state index contributed by atoms with van der Waals surface area (Å²) in [6, 6.07) is 12.3. The van der Waals surface area contributed by atoms with E-state index in [4.69, 9.17) is 0 Å². The molecule has 5 heteroatoms. The highest BCUT2D eigenvalue weighted by molar-refractivity contribution is 5.89. The van der Waals surface area contributed by atoms with Crippen molar-refractivity contribution in [1.29, 1.82) is 0 Å². The van der Waals surface area contributed by atoms with Gasteiger partial charge < -0.3 is 15.7 Å². The molecule has 4 nitrogen and oxygen atoms in total. The van der Waals surface area contributed by atoms with Crippen molar-refractivity contribution in [2.24, 2.45) is 0 Å². The predicted molar refractivity (Wildman–Crippen MR) is 75.2 cm³/mol. The van der Waals surface area contributed by atoms with Crippen LogP contribution in [0.5, 0.6) is 5.75 Å². The summed E-state index contributed by atoms with van der Waals surface area (Å²) in [6.45, 7) is 0.325. The lowest BCUT2D eigenvalue weighted by molar-refractivity contribution is 0.252. The highest BCUT2D eigenvalue weighted by atomic mass is 19.1. The SMILES string of the molecule is O=C(NCCc1ccccc1F)Nc1cccc(O)c1.